The summed E-state index contributed by atoms with van der Waals surface area (Å²) in [5.74, 6) is 0.286. The van der Waals surface area contributed by atoms with E-state index in [1.165, 1.54) is 7.11 Å². The Morgan fingerprint density at radius 3 is 2.52 bits per heavy atom. The van der Waals surface area contributed by atoms with Crippen LogP contribution in [0.4, 0.5) is 5.69 Å². The molecule has 0 aromatic heterocycles. The van der Waals surface area contributed by atoms with Gasteiger partial charge in [-0.05, 0) is 30.7 Å². The predicted molar refractivity (Wildman–Crippen MR) is 82.6 cm³/mol. The number of methoxy groups -OCH3 is 2. The Hall–Kier alpha value is -2.49. The Morgan fingerprint density at radius 1 is 1.10 bits per heavy atom. The van der Waals surface area contributed by atoms with Gasteiger partial charge in [-0.1, -0.05) is 30.3 Å². The highest BCUT2D eigenvalue weighted by Crippen LogP contribution is 2.29. The average Bonchev–Trinajstić information content (AvgIpc) is 2.52. The molecule has 0 aliphatic heterocycles. The molecule has 0 bridgehead atoms. The molecular weight excluding hydrogens is 266 g/mol. The minimum Gasteiger partial charge on any atom is -0.496 e. The van der Waals surface area contributed by atoms with Crippen LogP contribution in [0.1, 0.15) is 17.2 Å². The van der Waals surface area contributed by atoms with Crippen molar-refractivity contribution in [1.82, 2.24) is 0 Å². The van der Waals surface area contributed by atoms with Gasteiger partial charge in [-0.2, -0.15) is 0 Å². The Morgan fingerprint density at radius 2 is 1.86 bits per heavy atom. The van der Waals surface area contributed by atoms with Gasteiger partial charge in [0.1, 0.15) is 5.75 Å². The maximum atomic E-state index is 12.1. The SMILES string of the molecule is COC(=O)C(Nc1cccc(C)c1)c1ccccc1OC. The van der Waals surface area contributed by atoms with Crippen molar-refractivity contribution in [2.24, 2.45) is 0 Å². The summed E-state index contributed by atoms with van der Waals surface area (Å²) in [5, 5.41) is 3.21. The number of nitrogens with one attached hydrogen (secondary N) is 1. The summed E-state index contributed by atoms with van der Waals surface area (Å²) in [6.07, 6.45) is 0. The number of para-hydroxylation sites is 1. The van der Waals surface area contributed by atoms with Crippen LogP contribution in [0.2, 0.25) is 0 Å². The zero-order chi connectivity index (χ0) is 15.2. The monoisotopic (exact) mass is 285 g/mol. The smallest absolute Gasteiger partial charge is 0.333 e. The van der Waals surface area contributed by atoms with Gasteiger partial charge in [-0.25, -0.2) is 4.79 Å². The molecule has 110 valence electrons. The largest absolute Gasteiger partial charge is 0.496 e. The van der Waals surface area contributed by atoms with Crippen molar-refractivity contribution in [2.75, 3.05) is 19.5 Å². The molecule has 0 fully saturated rings. The molecular formula is C17H19NO3. The normalized spacial score (nSPS) is 11.6. The van der Waals surface area contributed by atoms with Crippen molar-refractivity contribution in [2.45, 2.75) is 13.0 Å². The van der Waals surface area contributed by atoms with Crippen LogP contribution in [-0.2, 0) is 9.53 Å². The highest BCUT2D eigenvalue weighted by atomic mass is 16.5. The lowest BCUT2D eigenvalue weighted by Crippen LogP contribution is -2.23. The molecule has 0 saturated carbocycles. The number of hydrogen-bond donors (Lipinski definition) is 1. The Kier molecular flexibility index (Phi) is 4.82. The van der Waals surface area contributed by atoms with Crippen molar-refractivity contribution >= 4 is 11.7 Å². The zero-order valence-electron chi connectivity index (χ0n) is 12.4. The van der Waals surface area contributed by atoms with Crippen LogP contribution in [0.5, 0.6) is 5.75 Å². The predicted octanol–water partition coefficient (Wildman–Crippen LogP) is 3.33. The van der Waals surface area contributed by atoms with E-state index in [0.717, 1.165) is 16.8 Å². The summed E-state index contributed by atoms with van der Waals surface area (Å²) in [5.41, 5.74) is 2.72. The number of anilines is 1. The van der Waals surface area contributed by atoms with Gasteiger partial charge in [-0.15, -0.1) is 0 Å². The number of aryl methyl sites for hydroxylation is 1. The summed E-state index contributed by atoms with van der Waals surface area (Å²) in [4.78, 5) is 12.1. The highest BCUT2D eigenvalue weighted by Gasteiger charge is 2.24. The summed E-state index contributed by atoms with van der Waals surface area (Å²) in [6.45, 7) is 2.00. The van der Waals surface area contributed by atoms with Crippen LogP contribution in [0.15, 0.2) is 48.5 Å². The van der Waals surface area contributed by atoms with Gasteiger partial charge in [0, 0.05) is 11.3 Å². The first-order valence-corrected chi connectivity index (χ1v) is 6.69. The molecule has 2 rings (SSSR count). The molecule has 0 saturated heterocycles. The van der Waals surface area contributed by atoms with Crippen molar-refractivity contribution in [3.8, 4) is 5.75 Å². The molecule has 1 unspecified atom stereocenters. The number of carbonyl (C=O) groups is 1. The van der Waals surface area contributed by atoms with Crippen molar-refractivity contribution in [3.63, 3.8) is 0 Å². The van der Waals surface area contributed by atoms with Crippen LogP contribution >= 0.6 is 0 Å². The first kappa shape index (κ1) is 14.9. The third-order valence-corrected chi connectivity index (χ3v) is 3.22. The number of benzene rings is 2. The van der Waals surface area contributed by atoms with Crippen LogP contribution < -0.4 is 10.1 Å². The van der Waals surface area contributed by atoms with Crippen LogP contribution in [0.3, 0.4) is 0 Å². The topological polar surface area (TPSA) is 47.6 Å². The summed E-state index contributed by atoms with van der Waals surface area (Å²) in [7, 11) is 2.96. The molecule has 0 aliphatic rings. The Bertz CT molecular complexity index is 625. The van der Waals surface area contributed by atoms with E-state index in [2.05, 4.69) is 5.32 Å². The zero-order valence-corrected chi connectivity index (χ0v) is 12.4. The van der Waals surface area contributed by atoms with Gasteiger partial charge in [0.05, 0.1) is 14.2 Å². The Labute approximate surface area is 124 Å². The van der Waals surface area contributed by atoms with E-state index in [-0.39, 0.29) is 5.97 Å². The third-order valence-electron chi connectivity index (χ3n) is 3.22. The van der Waals surface area contributed by atoms with Crippen molar-refractivity contribution in [3.05, 3.63) is 59.7 Å². The van der Waals surface area contributed by atoms with Crippen LogP contribution in [0, 0.1) is 6.92 Å². The molecule has 4 heteroatoms. The molecule has 2 aromatic carbocycles. The van der Waals surface area contributed by atoms with E-state index in [1.807, 2.05) is 55.5 Å². The molecule has 0 aliphatic carbocycles. The fourth-order valence-electron chi connectivity index (χ4n) is 2.19. The maximum Gasteiger partial charge on any atom is 0.333 e. The minimum atomic E-state index is -0.618. The van der Waals surface area contributed by atoms with E-state index in [0.29, 0.717) is 5.75 Å². The molecule has 1 atom stereocenters. The van der Waals surface area contributed by atoms with Gasteiger partial charge in [0.25, 0.3) is 0 Å². The maximum absolute atomic E-state index is 12.1. The second-order valence-electron chi connectivity index (χ2n) is 4.71. The fourth-order valence-corrected chi connectivity index (χ4v) is 2.19. The van der Waals surface area contributed by atoms with Crippen LogP contribution in [-0.4, -0.2) is 20.2 Å². The van der Waals surface area contributed by atoms with Crippen molar-refractivity contribution in [1.29, 1.82) is 0 Å². The number of carbonyl (C=O) groups excluding carboxylic acids is 1. The van der Waals surface area contributed by atoms with E-state index in [4.69, 9.17) is 9.47 Å². The van der Waals surface area contributed by atoms with Gasteiger partial charge >= 0.3 is 5.97 Å². The summed E-state index contributed by atoms with van der Waals surface area (Å²) < 4.78 is 10.2. The van der Waals surface area contributed by atoms with Gasteiger partial charge < -0.3 is 14.8 Å². The highest BCUT2D eigenvalue weighted by molar-refractivity contribution is 5.82. The molecule has 4 nitrogen and oxygen atoms in total. The third kappa shape index (κ3) is 3.54. The lowest BCUT2D eigenvalue weighted by atomic mass is 10.0. The Balaban J connectivity index is 2.37. The van der Waals surface area contributed by atoms with E-state index < -0.39 is 6.04 Å². The molecule has 1 N–H and O–H groups in total. The van der Waals surface area contributed by atoms with Gasteiger partial charge in [0.2, 0.25) is 0 Å². The van der Waals surface area contributed by atoms with Crippen molar-refractivity contribution < 1.29 is 14.3 Å². The average molecular weight is 285 g/mol. The number of esters is 1. The number of hydrogen-bond acceptors (Lipinski definition) is 4. The summed E-state index contributed by atoms with van der Waals surface area (Å²) >= 11 is 0. The first-order chi connectivity index (χ1) is 10.2. The number of rotatable bonds is 5. The minimum absolute atomic E-state index is 0.360. The second kappa shape index (κ2) is 6.79. The fraction of sp³-hybridized carbons (Fsp3) is 0.235. The van der Waals surface area contributed by atoms with Crippen LogP contribution in [0.25, 0.3) is 0 Å². The lowest BCUT2D eigenvalue weighted by Gasteiger charge is -2.20. The second-order valence-corrected chi connectivity index (χ2v) is 4.71. The van der Waals surface area contributed by atoms with E-state index in [1.54, 1.807) is 7.11 Å². The molecule has 0 radical (unpaired) electrons. The van der Waals surface area contributed by atoms with E-state index in [9.17, 15) is 4.79 Å². The lowest BCUT2D eigenvalue weighted by molar-refractivity contribution is -0.141. The van der Waals surface area contributed by atoms with E-state index >= 15 is 0 Å². The quantitative estimate of drug-likeness (QED) is 0.856. The molecule has 2 aromatic rings. The molecule has 0 spiro atoms. The standard InChI is InChI=1S/C17H19NO3/c1-12-7-6-8-13(11-12)18-16(17(19)21-3)14-9-4-5-10-15(14)20-2/h4-11,16,18H,1-3H3. The summed E-state index contributed by atoms with van der Waals surface area (Å²) in [6, 6.07) is 14.6. The number of ether oxygens (including phenoxy) is 2. The molecule has 21 heavy (non-hydrogen) atoms. The van der Waals surface area contributed by atoms with Gasteiger partial charge in [-0.3, -0.25) is 0 Å². The molecule has 0 heterocycles. The first-order valence-electron chi connectivity index (χ1n) is 6.69. The van der Waals surface area contributed by atoms with Gasteiger partial charge in [0.15, 0.2) is 6.04 Å². The molecule has 0 amide bonds.